The van der Waals surface area contributed by atoms with Gasteiger partial charge in [-0.1, -0.05) is 0 Å². The van der Waals surface area contributed by atoms with Gasteiger partial charge in [-0.3, -0.25) is 4.57 Å². The first-order valence-corrected chi connectivity index (χ1v) is 9.50. The van der Waals surface area contributed by atoms with Crippen LogP contribution in [0.2, 0.25) is 0 Å². The van der Waals surface area contributed by atoms with Crippen LogP contribution in [-0.2, 0) is 0 Å². The summed E-state index contributed by atoms with van der Waals surface area (Å²) in [7, 11) is 1.66. The number of aromatic nitrogens is 4. The molecule has 3 aromatic rings. The van der Waals surface area contributed by atoms with E-state index in [0.29, 0.717) is 11.0 Å². The van der Waals surface area contributed by atoms with E-state index in [2.05, 4.69) is 36.8 Å². The van der Waals surface area contributed by atoms with E-state index in [1.165, 1.54) is 0 Å². The van der Waals surface area contributed by atoms with Crippen molar-refractivity contribution >= 4 is 32.9 Å². The molecule has 0 spiro atoms. The highest BCUT2D eigenvalue weighted by molar-refractivity contribution is 9.10. The molecular formula is C20H24BrN5O2. The summed E-state index contributed by atoms with van der Waals surface area (Å²) in [6, 6.07) is 0. The molecule has 8 heteroatoms. The number of aliphatic hydroxyl groups excluding tert-OH is 1. The lowest BCUT2D eigenvalue weighted by molar-refractivity contribution is 0.290. The molecule has 0 saturated carbocycles. The monoisotopic (exact) mass is 445 g/mol. The molecule has 148 valence electrons. The molecule has 3 heterocycles. The van der Waals surface area contributed by atoms with Gasteiger partial charge in [0.15, 0.2) is 5.65 Å². The molecule has 0 aliphatic heterocycles. The highest BCUT2D eigenvalue weighted by Crippen LogP contribution is 2.32. The molecule has 0 atom stereocenters. The Hall–Kier alpha value is -2.63. The summed E-state index contributed by atoms with van der Waals surface area (Å²) in [6.07, 6.45) is 10.1. The van der Waals surface area contributed by atoms with E-state index < -0.39 is 0 Å². The van der Waals surface area contributed by atoms with Crippen molar-refractivity contribution in [3.63, 3.8) is 0 Å². The largest absolute Gasteiger partial charge is 0.496 e. The third-order valence-electron chi connectivity index (χ3n) is 4.13. The van der Waals surface area contributed by atoms with Crippen LogP contribution in [0.1, 0.15) is 29.5 Å². The summed E-state index contributed by atoms with van der Waals surface area (Å²) < 4.78 is 8.09. The number of halogens is 1. The number of aliphatic hydroxyl groups is 1. The second-order valence-electron chi connectivity index (χ2n) is 6.21. The second-order valence-corrected chi connectivity index (χ2v) is 6.96. The lowest BCUT2D eigenvalue weighted by atomic mass is 10.2. The third kappa shape index (κ3) is 4.43. The first-order chi connectivity index (χ1) is 13.3. The Labute approximate surface area is 173 Å². The van der Waals surface area contributed by atoms with Crippen molar-refractivity contribution in [1.82, 2.24) is 19.5 Å². The van der Waals surface area contributed by atoms with Crippen molar-refractivity contribution in [2.24, 2.45) is 0 Å². The molecule has 0 fully saturated rings. The number of hydrogen-bond acceptors (Lipinski definition) is 6. The van der Waals surface area contributed by atoms with Crippen LogP contribution < -0.4 is 10.5 Å². The Kier molecular flexibility index (Phi) is 7.38. The van der Waals surface area contributed by atoms with Crippen molar-refractivity contribution in [3.8, 4) is 23.9 Å². The number of aryl methyl sites for hydroxylation is 2. The van der Waals surface area contributed by atoms with E-state index in [9.17, 15) is 0 Å². The van der Waals surface area contributed by atoms with Gasteiger partial charge >= 0.3 is 0 Å². The number of nitrogen functional groups attached to an aromatic ring is 1. The molecular weight excluding hydrogens is 422 g/mol. The molecule has 0 unspecified atom stereocenters. The average molecular weight is 446 g/mol. The number of nitrogens with two attached hydrogens (primary N) is 1. The van der Waals surface area contributed by atoms with E-state index in [4.69, 9.17) is 22.0 Å². The van der Waals surface area contributed by atoms with Crippen molar-refractivity contribution in [2.45, 2.75) is 33.6 Å². The molecule has 0 aliphatic carbocycles. The first kappa shape index (κ1) is 21.7. The molecule has 0 bridgehead atoms. The molecule has 28 heavy (non-hydrogen) atoms. The Morgan fingerprint density at radius 1 is 1.29 bits per heavy atom. The Balaban J connectivity index is 0.000000409. The number of nitrogens with zero attached hydrogens (tertiary/aromatic N) is 4. The fraction of sp³-hybridized carbons (Fsp3) is 0.350. The zero-order valence-corrected chi connectivity index (χ0v) is 18.0. The SMILES string of the molecule is C#CCCCO.COc1c(C)cnc(-n2cc(C)c3c(Br)nc(N)nc32)c1C. The quantitative estimate of drug-likeness (QED) is 0.362. The third-order valence-corrected chi connectivity index (χ3v) is 4.71. The number of rotatable bonds is 4. The summed E-state index contributed by atoms with van der Waals surface area (Å²) in [5.41, 5.74) is 9.50. The lowest BCUT2D eigenvalue weighted by Gasteiger charge is -2.13. The highest BCUT2D eigenvalue weighted by atomic mass is 79.9. The topological polar surface area (TPSA) is 99.1 Å². The van der Waals surface area contributed by atoms with E-state index >= 15 is 0 Å². The number of anilines is 1. The summed E-state index contributed by atoms with van der Waals surface area (Å²) in [5, 5.41) is 9.03. The molecule has 3 aromatic heterocycles. The van der Waals surface area contributed by atoms with Gasteiger partial charge in [-0.25, -0.2) is 9.97 Å². The Bertz CT molecular complexity index is 1020. The minimum absolute atomic E-state index is 0.212. The molecule has 0 aliphatic rings. The maximum absolute atomic E-state index is 8.10. The smallest absolute Gasteiger partial charge is 0.223 e. The first-order valence-electron chi connectivity index (χ1n) is 8.71. The number of ether oxygens (including phenoxy) is 1. The lowest BCUT2D eigenvalue weighted by Crippen LogP contribution is -2.05. The molecule has 0 aromatic carbocycles. The number of pyridine rings is 1. The minimum Gasteiger partial charge on any atom is -0.496 e. The fourth-order valence-electron chi connectivity index (χ4n) is 2.88. The summed E-state index contributed by atoms with van der Waals surface area (Å²) in [4.78, 5) is 13.1. The average Bonchev–Trinajstić information content (AvgIpc) is 2.97. The number of terminal acetylenes is 1. The summed E-state index contributed by atoms with van der Waals surface area (Å²) in [5.74, 6) is 4.22. The van der Waals surface area contributed by atoms with E-state index in [-0.39, 0.29) is 12.6 Å². The van der Waals surface area contributed by atoms with Crippen LogP contribution in [0, 0.1) is 33.1 Å². The van der Waals surface area contributed by atoms with Gasteiger partial charge in [0.25, 0.3) is 0 Å². The predicted molar refractivity (Wildman–Crippen MR) is 115 cm³/mol. The summed E-state index contributed by atoms with van der Waals surface area (Å²) in [6.45, 7) is 6.17. The maximum atomic E-state index is 8.10. The maximum Gasteiger partial charge on any atom is 0.223 e. The predicted octanol–water partition coefficient (Wildman–Crippen LogP) is 3.49. The Morgan fingerprint density at radius 3 is 2.57 bits per heavy atom. The van der Waals surface area contributed by atoms with Gasteiger partial charge in [-0.2, -0.15) is 4.98 Å². The van der Waals surface area contributed by atoms with Crippen LogP contribution >= 0.6 is 15.9 Å². The Morgan fingerprint density at radius 2 is 2.00 bits per heavy atom. The van der Waals surface area contributed by atoms with E-state index in [0.717, 1.165) is 45.7 Å². The molecule has 3 N–H and O–H groups in total. The molecule has 0 radical (unpaired) electrons. The van der Waals surface area contributed by atoms with Gasteiger partial charge in [-0.15, -0.1) is 12.3 Å². The van der Waals surface area contributed by atoms with Crippen molar-refractivity contribution in [3.05, 3.63) is 33.7 Å². The number of methoxy groups -OCH3 is 1. The molecule has 7 nitrogen and oxygen atoms in total. The zero-order chi connectivity index (χ0) is 20.8. The standard InChI is InChI=1S/C15H16BrN5O.C5H8O/c1-7-5-18-13(9(3)11(7)22-4)21-6-8(2)10-12(16)19-15(17)20-14(10)21;1-2-3-4-5-6/h5-6H,1-4H3,(H2,17,19,20);1,6H,3-5H2. The van der Waals surface area contributed by atoms with Gasteiger partial charge in [0.1, 0.15) is 16.2 Å². The zero-order valence-electron chi connectivity index (χ0n) is 16.5. The van der Waals surface area contributed by atoms with Crippen LogP contribution in [0.15, 0.2) is 17.0 Å². The van der Waals surface area contributed by atoms with Gasteiger partial charge in [0.05, 0.1) is 12.5 Å². The van der Waals surface area contributed by atoms with Crippen LogP contribution in [0.3, 0.4) is 0 Å². The van der Waals surface area contributed by atoms with Crippen molar-refractivity contribution < 1.29 is 9.84 Å². The number of hydrogen-bond donors (Lipinski definition) is 2. The van der Waals surface area contributed by atoms with Gasteiger partial charge in [-0.05, 0) is 48.7 Å². The van der Waals surface area contributed by atoms with E-state index in [1.807, 2.05) is 31.5 Å². The molecule has 3 rings (SSSR count). The van der Waals surface area contributed by atoms with E-state index in [1.54, 1.807) is 13.3 Å². The van der Waals surface area contributed by atoms with Crippen molar-refractivity contribution in [1.29, 1.82) is 0 Å². The normalized spacial score (nSPS) is 10.3. The van der Waals surface area contributed by atoms with Gasteiger partial charge < -0.3 is 15.6 Å². The van der Waals surface area contributed by atoms with Crippen LogP contribution in [-0.4, -0.2) is 38.3 Å². The van der Waals surface area contributed by atoms with Crippen LogP contribution in [0.4, 0.5) is 5.95 Å². The number of fused-ring (bicyclic) bond motifs is 1. The summed E-state index contributed by atoms with van der Waals surface area (Å²) >= 11 is 3.45. The highest BCUT2D eigenvalue weighted by Gasteiger charge is 2.17. The second kappa shape index (κ2) is 9.53. The van der Waals surface area contributed by atoms with Gasteiger partial charge in [0.2, 0.25) is 5.95 Å². The van der Waals surface area contributed by atoms with Crippen LogP contribution in [0.25, 0.3) is 16.9 Å². The fourth-order valence-corrected chi connectivity index (χ4v) is 3.55. The minimum atomic E-state index is 0.212. The van der Waals surface area contributed by atoms with Crippen LogP contribution in [0.5, 0.6) is 5.75 Å². The van der Waals surface area contributed by atoms with Crippen molar-refractivity contribution in [2.75, 3.05) is 19.5 Å². The molecule has 0 amide bonds. The van der Waals surface area contributed by atoms with Gasteiger partial charge in [0, 0.05) is 36.5 Å². The number of unbranched alkanes of at least 4 members (excludes halogenated alkanes) is 1. The molecule has 0 saturated heterocycles.